The summed E-state index contributed by atoms with van der Waals surface area (Å²) in [6.45, 7) is 5.25. The molecule has 0 radical (unpaired) electrons. The summed E-state index contributed by atoms with van der Waals surface area (Å²) in [6.07, 6.45) is 3.56. The minimum absolute atomic E-state index is 0.285. The average molecular weight is 188 g/mol. The highest BCUT2D eigenvalue weighted by Crippen LogP contribution is 2.00. The van der Waals surface area contributed by atoms with E-state index in [4.69, 9.17) is 10.8 Å². The highest BCUT2D eigenvalue weighted by Gasteiger charge is 2.03. The monoisotopic (exact) mass is 188 g/mol. The minimum Gasteiger partial charge on any atom is -0.396 e. The number of aliphatic hydroxyl groups excluding tert-OH is 1. The van der Waals surface area contributed by atoms with Crippen molar-refractivity contribution in [3.63, 3.8) is 0 Å². The quantitative estimate of drug-likeness (QED) is 0.551. The molecule has 0 aliphatic heterocycles. The fourth-order valence-corrected chi connectivity index (χ4v) is 1.38. The van der Waals surface area contributed by atoms with Crippen LogP contribution in [0.2, 0.25) is 0 Å². The van der Waals surface area contributed by atoms with Gasteiger partial charge in [0, 0.05) is 13.2 Å². The maximum Gasteiger partial charge on any atom is 0.0468 e. The number of hydrogen-bond donors (Lipinski definition) is 2. The van der Waals surface area contributed by atoms with E-state index in [1.807, 2.05) is 0 Å². The Hall–Kier alpha value is -0.120. The molecule has 0 saturated heterocycles. The fourth-order valence-electron chi connectivity index (χ4n) is 1.38. The molecule has 80 valence electrons. The van der Waals surface area contributed by atoms with E-state index >= 15 is 0 Å². The molecule has 3 heteroatoms. The van der Waals surface area contributed by atoms with Gasteiger partial charge < -0.3 is 15.7 Å². The van der Waals surface area contributed by atoms with Crippen LogP contribution < -0.4 is 5.73 Å². The van der Waals surface area contributed by atoms with Gasteiger partial charge in [0.15, 0.2) is 0 Å². The fraction of sp³-hybridized carbons (Fsp3) is 1.00. The second-order valence-corrected chi connectivity index (χ2v) is 3.90. The second-order valence-electron chi connectivity index (χ2n) is 3.90. The summed E-state index contributed by atoms with van der Waals surface area (Å²) in [5.41, 5.74) is 5.40. The SMILES string of the molecule is CC(CO)CN(C)CCCCCN. The molecule has 3 nitrogen and oxygen atoms in total. The molecule has 0 fully saturated rings. The lowest BCUT2D eigenvalue weighted by Gasteiger charge is -2.19. The Labute approximate surface area is 81.9 Å². The predicted molar refractivity (Wildman–Crippen MR) is 56.7 cm³/mol. The highest BCUT2D eigenvalue weighted by atomic mass is 16.3. The molecule has 13 heavy (non-hydrogen) atoms. The predicted octanol–water partition coefficient (Wildman–Crippen LogP) is 0.676. The molecule has 0 aliphatic carbocycles. The summed E-state index contributed by atoms with van der Waals surface area (Å²) in [7, 11) is 2.11. The van der Waals surface area contributed by atoms with E-state index in [-0.39, 0.29) is 6.61 Å². The van der Waals surface area contributed by atoms with Crippen LogP contribution in [-0.2, 0) is 0 Å². The summed E-state index contributed by atoms with van der Waals surface area (Å²) >= 11 is 0. The van der Waals surface area contributed by atoms with Gasteiger partial charge in [-0.15, -0.1) is 0 Å². The third kappa shape index (κ3) is 8.22. The topological polar surface area (TPSA) is 49.5 Å². The molecule has 0 aromatic rings. The van der Waals surface area contributed by atoms with Crippen LogP contribution in [-0.4, -0.2) is 43.3 Å². The Bertz CT molecular complexity index is 109. The van der Waals surface area contributed by atoms with E-state index in [0.717, 1.165) is 26.1 Å². The van der Waals surface area contributed by atoms with Crippen molar-refractivity contribution in [2.75, 3.05) is 33.3 Å². The maximum absolute atomic E-state index is 8.85. The molecule has 1 unspecified atom stereocenters. The Balaban J connectivity index is 3.24. The normalized spacial score (nSPS) is 13.6. The molecule has 0 amide bonds. The van der Waals surface area contributed by atoms with Crippen LogP contribution in [0.1, 0.15) is 26.2 Å². The first kappa shape index (κ1) is 12.9. The number of nitrogens with zero attached hydrogens (tertiary/aromatic N) is 1. The van der Waals surface area contributed by atoms with Gasteiger partial charge in [0.1, 0.15) is 0 Å². The number of hydrogen-bond acceptors (Lipinski definition) is 3. The molecular formula is C10H24N2O. The van der Waals surface area contributed by atoms with Crippen molar-refractivity contribution < 1.29 is 5.11 Å². The Morgan fingerprint density at radius 3 is 2.54 bits per heavy atom. The van der Waals surface area contributed by atoms with Crippen molar-refractivity contribution in [2.45, 2.75) is 26.2 Å². The van der Waals surface area contributed by atoms with Crippen LogP contribution in [0, 0.1) is 5.92 Å². The lowest BCUT2D eigenvalue weighted by molar-refractivity contribution is 0.189. The Morgan fingerprint density at radius 2 is 2.00 bits per heavy atom. The molecule has 1 atom stereocenters. The lowest BCUT2D eigenvalue weighted by atomic mass is 10.2. The van der Waals surface area contributed by atoms with Gasteiger partial charge in [-0.3, -0.25) is 0 Å². The van der Waals surface area contributed by atoms with Crippen molar-refractivity contribution in [1.82, 2.24) is 4.90 Å². The van der Waals surface area contributed by atoms with Gasteiger partial charge >= 0.3 is 0 Å². The van der Waals surface area contributed by atoms with Gasteiger partial charge in [0.05, 0.1) is 0 Å². The van der Waals surface area contributed by atoms with E-state index in [1.165, 1.54) is 12.8 Å². The van der Waals surface area contributed by atoms with E-state index < -0.39 is 0 Å². The molecular weight excluding hydrogens is 164 g/mol. The Morgan fingerprint density at radius 1 is 1.31 bits per heavy atom. The van der Waals surface area contributed by atoms with Gasteiger partial charge in [-0.2, -0.15) is 0 Å². The number of unbranched alkanes of at least 4 members (excludes halogenated alkanes) is 2. The Kier molecular flexibility index (Phi) is 8.40. The van der Waals surface area contributed by atoms with Gasteiger partial charge in [0.2, 0.25) is 0 Å². The van der Waals surface area contributed by atoms with E-state index in [9.17, 15) is 0 Å². The molecule has 0 aromatic heterocycles. The van der Waals surface area contributed by atoms with Gasteiger partial charge in [0.25, 0.3) is 0 Å². The number of nitrogens with two attached hydrogens (primary N) is 1. The number of rotatable bonds is 8. The highest BCUT2D eigenvalue weighted by molar-refractivity contribution is 4.57. The third-order valence-corrected chi connectivity index (χ3v) is 2.18. The van der Waals surface area contributed by atoms with Crippen molar-refractivity contribution in [3.8, 4) is 0 Å². The zero-order valence-electron chi connectivity index (χ0n) is 9.00. The standard InChI is InChI=1S/C10H24N2O/c1-10(9-13)8-12(2)7-5-3-4-6-11/h10,13H,3-9,11H2,1-2H3. The smallest absolute Gasteiger partial charge is 0.0468 e. The van der Waals surface area contributed by atoms with Gasteiger partial charge in [-0.05, 0) is 38.9 Å². The largest absolute Gasteiger partial charge is 0.396 e. The molecule has 0 saturated carbocycles. The van der Waals surface area contributed by atoms with Crippen LogP contribution in [0.5, 0.6) is 0 Å². The lowest BCUT2D eigenvalue weighted by Crippen LogP contribution is -2.27. The van der Waals surface area contributed by atoms with Crippen LogP contribution in [0.15, 0.2) is 0 Å². The van der Waals surface area contributed by atoms with Crippen molar-refractivity contribution in [2.24, 2.45) is 11.7 Å². The summed E-state index contributed by atoms with van der Waals surface area (Å²) < 4.78 is 0. The summed E-state index contributed by atoms with van der Waals surface area (Å²) in [6, 6.07) is 0. The molecule has 0 bridgehead atoms. The molecule has 3 N–H and O–H groups in total. The first-order valence-corrected chi connectivity index (χ1v) is 5.20. The van der Waals surface area contributed by atoms with Crippen molar-refractivity contribution in [1.29, 1.82) is 0 Å². The molecule has 0 heterocycles. The van der Waals surface area contributed by atoms with Crippen molar-refractivity contribution >= 4 is 0 Å². The van der Waals surface area contributed by atoms with Gasteiger partial charge in [-0.1, -0.05) is 13.3 Å². The number of aliphatic hydroxyl groups is 1. The molecule has 0 aliphatic rings. The summed E-state index contributed by atoms with van der Waals surface area (Å²) in [4.78, 5) is 2.28. The second kappa shape index (κ2) is 8.48. The summed E-state index contributed by atoms with van der Waals surface area (Å²) in [5.74, 6) is 0.388. The first-order valence-electron chi connectivity index (χ1n) is 5.20. The summed E-state index contributed by atoms with van der Waals surface area (Å²) in [5, 5.41) is 8.85. The molecule has 0 aromatic carbocycles. The maximum atomic E-state index is 8.85. The molecule has 0 rings (SSSR count). The zero-order chi connectivity index (χ0) is 10.1. The van der Waals surface area contributed by atoms with E-state index in [2.05, 4.69) is 18.9 Å². The average Bonchev–Trinajstić information content (AvgIpc) is 2.12. The van der Waals surface area contributed by atoms with Crippen LogP contribution in [0.25, 0.3) is 0 Å². The van der Waals surface area contributed by atoms with Crippen LogP contribution in [0.4, 0.5) is 0 Å². The molecule has 0 spiro atoms. The first-order chi connectivity index (χ1) is 6.20. The minimum atomic E-state index is 0.285. The van der Waals surface area contributed by atoms with Crippen molar-refractivity contribution in [3.05, 3.63) is 0 Å². The van der Waals surface area contributed by atoms with Crippen LogP contribution >= 0.6 is 0 Å². The zero-order valence-corrected chi connectivity index (χ0v) is 9.00. The van der Waals surface area contributed by atoms with Gasteiger partial charge in [-0.25, -0.2) is 0 Å². The van der Waals surface area contributed by atoms with Crippen LogP contribution in [0.3, 0.4) is 0 Å². The van der Waals surface area contributed by atoms with E-state index in [0.29, 0.717) is 5.92 Å². The third-order valence-electron chi connectivity index (χ3n) is 2.18. The van der Waals surface area contributed by atoms with E-state index in [1.54, 1.807) is 0 Å².